The third-order valence-electron chi connectivity index (χ3n) is 2.48. The molecule has 2 aromatic rings. The summed E-state index contributed by atoms with van der Waals surface area (Å²) in [4.78, 5) is 0. The van der Waals surface area contributed by atoms with Crippen molar-refractivity contribution in [1.29, 1.82) is 0 Å². The monoisotopic (exact) mass is 282 g/mol. The molecule has 2 rings (SSSR count). The van der Waals surface area contributed by atoms with Crippen LogP contribution < -0.4 is 4.74 Å². The molecule has 4 heteroatoms. The van der Waals surface area contributed by atoms with Crippen molar-refractivity contribution < 1.29 is 9.84 Å². The van der Waals surface area contributed by atoms with Crippen molar-refractivity contribution in [2.75, 3.05) is 6.61 Å². The number of aliphatic hydroxyl groups excluding tert-OH is 1. The van der Waals surface area contributed by atoms with Crippen molar-refractivity contribution in [1.82, 2.24) is 0 Å². The van der Waals surface area contributed by atoms with Crippen LogP contribution in [0.1, 0.15) is 11.7 Å². The summed E-state index contributed by atoms with van der Waals surface area (Å²) in [6.45, 7) is 0.184. The lowest BCUT2D eigenvalue weighted by Crippen LogP contribution is -2.09. The second-order valence-electron chi connectivity index (χ2n) is 3.83. The fraction of sp³-hybridized carbons (Fsp3) is 0.143. The molecule has 0 aliphatic rings. The summed E-state index contributed by atoms with van der Waals surface area (Å²) >= 11 is 11.5. The first kappa shape index (κ1) is 13.2. The van der Waals surface area contributed by atoms with Crippen LogP contribution >= 0.6 is 23.2 Å². The lowest BCUT2D eigenvalue weighted by Gasteiger charge is -2.12. The molecule has 0 saturated carbocycles. The third-order valence-corrected chi connectivity index (χ3v) is 2.98. The van der Waals surface area contributed by atoms with Crippen LogP contribution in [-0.2, 0) is 0 Å². The van der Waals surface area contributed by atoms with Gasteiger partial charge in [0.2, 0.25) is 0 Å². The molecule has 1 N–H and O–H groups in total. The van der Waals surface area contributed by atoms with E-state index in [4.69, 9.17) is 27.9 Å². The van der Waals surface area contributed by atoms with Gasteiger partial charge in [-0.3, -0.25) is 0 Å². The molecule has 2 nitrogen and oxygen atoms in total. The molecular formula is C14H12Cl2O2. The molecule has 0 aliphatic carbocycles. The quantitative estimate of drug-likeness (QED) is 0.915. The van der Waals surface area contributed by atoms with Gasteiger partial charge >= 0.3 is 0 Å². The SMILES string of the molecule is OC(COc1ccc(Cl)cc1)c1ccc(Cl)cc1. The Labute approximate surface area is 116 Å². The Morgan fingerprint density at radius 1 is 0.889 bits per heavy atom. The van der Waals surface area contributed by atoms with Crippen LogP contribution in [0.5, 0.6) is 5.75 Å². The predicted octanol–water partition coefficient (Wildman–Crippen LogP) is 4.11. The smallest absolute Gasteiger partial charge is 0.119 e. The van der Waals surface area contributed by atoms with E-state index in [1.807, 2.05) is 0 Å². The van der Waals surface area contributed by atoms with Gasteiger partial charge in [-0.05, 0) is 42.0 Å². The lowest BCUT2D eigenvalue weighted by molar-refractivity contribution is 0.108. The summed E-state index contributed by atoms with van der Waals surface area (Å²) in [5, 5.41) is 11.2. The Bertz CT molecular complexity index is 494. The topological polar surface area (TPSA) is 29.5 Å². The summed E-state index contributed by atoms with van der Waals surface area (Å²) < 4.78 is 5.47. The van der Waals surface area contributed by atoms with Crippen LogP contribution in [0.3, 0.4) is 0 Å². The average Bonchev–Trinajstić information content (AvgIpc) is 2.38. The van der Waals surface area contributed by atoms with E-state index >= 15 is 0 Å². The Morgan fingerprint density at radius 2 is 1.39 bits per heavy atom. The van der Waals surface area contributed by atoms with Crippen molar-refractivity contribution in [2.45, 2.75) is 6.10 Å². The molecule has 0 spiro atoms. The molecule has 0 bridgehead atoms. The summed E-state index contributed by atoms with van der Waals surface area (Å²) in [5.41, 5.74) is 0.772. The molecule has 0 amide bonds. The van der Waals surface area contributed by atoms with Crippen LogP contribution in [0.25, 0.3) is 0 Å². The molecular weight excluding hydrogens is 271 g/mol. The standard InChI is InChI=1S/C14H12Cl2O2/c15-11-3-1-10(2-4-11)14(17)9-18-13-7-5-12(16)6-8-13/h1-8,14,17H,9H2. The maximum absolute atomic E-state index is 9.93. The Kier molecular flexibility index (Phi) is 4.48. The molecule has 2 aromatic carbocycles. The minimum Gasteiger partial charge on any atom is -0.491 e. The van der Waals surface area contributed by atoms with Crippen molar-refractivity contribution in [3.8, 4) is 5.75 Å². The van der Waals surface area contributed by atoms with Gasteiger partial charge in [0.05, 0.1) is 0 Å². The molecule has 0 fully saturated rings. The molecule has 0 saturated heterocycles. The van der Waals surface area contributed by atoms with E-state index in [2.05, 4.69) is 0 Å². The number of halogens is 2. The van der Waals surface area contributed by atoms with E-state index in [1.165, 1.54) is 0 Å². The van der Waals surface area contributed by atoms with Gasteiger partial charge < -0.3 is 9.84 Å². The van der Waals surface area contributed by atoms with E-state index in [9.17, 15) is 5.11 Å². The van der Waals surface area contributed by atoms with Crippen molar-refractivity contribution >= 4 is 23.2 Å². The highest BCUT2D eigenvalue weighted by Crippen LogP contribution is 2.19. The van der Waals surface area contributed by atoms with Gasteiger partial charge in [-0.25, -0.2) is 0 Å². The van der Waals surface area contributed by atoms with Crippen molar-refractivity contribution in [2.24, 2.45) is 0 Å². The normalized spacial score (nSPS) is 12.2. The van der Waals surface area contributed by atoms with Crippen LogP contribution in [-0.4, -0.2) is 11.7 Å². The van der Waals surface area contributed by atoms with Crippen molar-refractivity contribution in [3.63, 3.8) is 0 Å². The Hall–Kier alpha value is -1.22. The van der Waals surface area contributed by atoms with Gasteiger partial charge in [-0.2, -0.15) is 0 Å². The molecule has 0 aliphatic heterocycles. The maximum Gasteiger partial charge on any atom is 0.119 e. The Morgan fingerprint density at radius 3 is 1.94 bits per heavy atom. The Balaban J connectivity index is 1.93. The first-order valence-corrected chi connectivity index (χ1v) is 6.22. The van der Waals surface area contributed by atoms with E-state index in [-0.39, 0.29) is 6.61 Å². The highest BCUT2D eigenvalue weighted by atomic mass is 35.5. The summed E-state index contributed by atoms with van der Waals surface area (Å²) in [6, 6.07) is 14.0. The maximum atomic E-state index is 9.93. The second kappa shape index (κ2) is 6.10. The van der Waals surface area contributed by atoms with E-state index < -0.39 is 6.10 Å². The van der Waals surface area contributed by atoms with Crippen LogP contribution in [0.15, 0.2) is 48.5 Å². The predicted molar refractivity (Wildman–Crippen MR) is 73.4 cm³/mol. The summed E-state index contributed by atoms with van der Waals surface area (Å²) in [5.74, 6) is 0.674. The third kappa shape index (κ3) is 3.64. The zero-order valence-corrected chi connectivity index (χ0v) is 11.0. The van der Waals surface area contributed by atoms with Crippen LogP contribution in [0.4, 0.5) is 0 Å². The second-order valence-corrected chi connectivity index (χ2v) is 4.71. The number of aliphatic hydroxyl groups is 1. The zero-order chi connectivity index (χ0) is 13.0. The van der Waals surface area contributed by atoms with E-state index in [0.29, 0.717) is 15.8 Å². The van der Waals surface area contributed by atoms with Crippen LogP contribution in [0, 0.1) is 0 Å². The van der Waals surface area contributed by atoms with Gasteiger partial charge in [0.15, 0.2) is 0 Å². The summed E-state index contributed by atoms with van der Waals surface area (Å²) in [7, 11) is 0. The number of ether oxygens (including phenoxy) is 1. The fourth-order valence-electron chi connectivity index (χ4n) is 1.49. The molecule has 0 radical (unpaired) electrons. The van der Waals surface area contributed by atoms with Gasteiger partial charge in [0.1, 0.15) is 18.5 Å². The number of benzene rings is 2. The molecule has 1 atom stereocenters. The number of hydrogen-bond donors (Lipinski definition) is 1. The molecule has 18 heavy (non-hydrogen) atoms. The number of hydrogen-bond acceptors (Lipinski definition) is 2. The minimum absolute atomic E-state index is 0.184. The first-order chi connectivity index (χ1) is 8.65. The van der Waals surface area contributed by atoms with Gasteiger partial charge in [-0.1, -0.05) is 35.3 Å². The largest absolute Gasteiger partial charge is 0.491 e. The molecule has 94 valence electrons. The average molecular weight is 283 g/mol. The minimum atomic E-state index is -0.682. The van der Waals surface area contributed by atoms with Gasteiger partial charge in [0, 0.05) is 10.0 Å². The van der Waals surface area contributed by atoms with E-state index in [0.717, 1.165) is 5.56 Å². The fourth-order valence-corrected chi connectivity index (χ4v) is 1.74. The molecule has 1 unspecified atom stereocenters. The molecule has 0 heterocycles. The number of rotatable bonds is 4. The lowest BCUT2D eigenvalue weighted by atomic mass is 10.1. The first-order valence-electron chi connectivity index (χ1n) is 5.47. The van der Waals surface area contributed by atoms with Gasteiger partial charge in [-0.15, -0.1) is 0 Å². The zero-order valence-electron chi connectivity index (χ0n) is 9.51. The van der Waals surface area contributed by atoms with Crippen molar-refractivity contribution in [3.05, 3.63) is 64.1 Å². The summed E-state index contributed by atoms with van der Waals surface area (Å²) in [6.07, 6.45) is -0.682. The van der Waals surface area contributed by atoms with E-state index in [1.54, 1.807) is 48.5 Å². The molecule has 0 aromatic heterocycles. The highest BCUT2D eigenvalue weighted by molar-refractivity contribution is 6.30. The van der Waals surface area contributed by atoms with Gasteiger partial charge in [0.25, 0.3) is 0 Å². The highest BCUT2D eigenvalue weighted by Gasteiger charge is 2.08. The van der Waals surface area contributed by atoms with Crippen LogP contribution in [0.2, 0.25) is 10.0 Å².